The van der Waals surface area contributed by atoms with Gasteiger partial charge in [-0.05, 0) is 32.3 Å². The Labute approximate surface area is 128 Å². The fourth-order valence-electron chi connectivity index (χ4n) is 2.77. The Balaban J connectivity index is 2.06. The molecule has 0 saturated heterocycles. The van der Waals surface area contributed by atoms with Crippen LogP contribution in [0.25, 0.3) is 10.9 Å². The molecule has 2 aromatic rings. The molecule has 0 aliphatic heterocycles. The number of pyridine rings is 1. The van der Waals surface area contributed by atoms with Gasteiger partial charge in [0.15, 0.2) is 5.82 Å². The molecule has 1 unspecified atom stereocenters. The van der Waals surface area contributed by atoms with Crippen LogP contribution in [0, 0.1) is 0 Å². The summed E-state index contributed by atoms with van der Waals surface area (Å²) in [6.45, 7) is 1.79. The van der Waals surface area contributed by atoms with Crippen LogP contribution >= 0.6 is 0 Å². The average Bonchev–Trinajstić information content (AvgIpc) is 2.77. The van der Waals surface area contributed by atoms with E-state index in [9.17, 15) is 13.5 Å². The molecule has 8 heteroatoms. The second-order valence-electron chi connectivity index (χ2n) is 5.97. The molecule has 1 saturated carbocycles. The third kappa shape index (κ3) is 2.76. The molecule has 2 atom stereocenters. The number of anilines is 1. The minimum Gasteiger partial charge on any atom is -0.388 e. The highest BCUT2D eigenvalue weighted by Crippen LogP contribution is 2.32. The van der Waals surface area contributed by atoms with Crippen molar-refractivity contribution >= 4 is 26.6 Å². The van der Waals surface area contributed by atoms with Crippen molar-refractivity contribution in [2.24, 2.45) is 0 Å². The Kier molecular flexibility index (Phi) is 3.53. The maximum absolute atomic E-state index is 11.6. The quantitative estimate of drug-likeness (QED) is 0.816. The molecule has 22 heavy (non-hydrogen) atoms. The van der Waals surface area contributed by atoms with E-state index in [0.29, 0.717) is 16.7 Å². The standard InChI is InChI=1S/C14H18N4O3S/c1-14(19)6-3-4-10(14)17-12-11-9(5-7-15-12)8-16-13(18-11)22(2,20)21/h5,7-8,10,19H,3-4,6H2,1-2H3,(H,15,17)/t10?,14-/m1/s1. The first-order chi connectivity index (χ1) is 10.3. The lowest BCUT2D eigenvalue weighted by atomic mass is 10.0. The van der Waals surface area contributed by atoms with Crippen LogP contribution in [0.15, 0.2) is 23.6 Å². The van der Waals surface area contributed by atoms with E-state index < -0.39 is 15.4 Å². The third-order valence-corrected chi connectivity index (χ3v) is 4.91. The van der Waals surface area contributed by atoms with Crippen molar-refractivity contribution in [2.75, 3.05) is 11.6 Å². The second-order valence-corrected chi connectivity index (χ2v) is 7.88. The lowest BCUT2D eigenvalue weighted by Crippen LogP contribution is -2.39. The Hall–Kier alpha value is -1.80. The van der Waals surface area contributed by atoms with Crippen molar-refractivity contribution < 1.29 is 13.5 Å². The molecule has 7 nitrogen and oxygen atoms in total. The van der Waals surface area contributed by atoms with Gasteiger partial charge in [-0.1, -0.05) is 0 Å². The maximum atomic E-state index is 11.6. The molecule has 0 aromatic carbocycles. The van der Waals surface area contributed by atoms with E-state index in [2.05, 4.69) is 20.3 Å². The number of nitrogens with one attached hydrogen (secondary N) is 1. The molecule has 0 spiro atoms. The zero-order chi connectivity index (χ0) is 16.0. The molecule has 1 aliphatic carbocycles. The Morgan fingerprint density at radius 1 is 1.41 bits per heavy atom. The van der Waals surface area contributed by atoms with Crippen molar-refractivity contribution in [2.45, 2.75) is 43.0 Å². The minimum absolute atomic E-state index is 0.137. The van der Waals surface area contributed by atoms with Crippen molar-refractivity contribution in [1.29, 1.82) is 0 Å². The van der Waals surface area contributed by atoms with Crippen molar-refractivity contribution in [1.82, 2.24) is 15.0 Å². The van der Waals surface area contributed by atoms with Crippen LogP contribution in [-0.2, 0) is 9.84 Å². The monoisotopic (exact) mass is 322 g/mol. The van der Waals surface area contributed by atoms with Gasteiger partial charge in [-0.2, -0.15) is 0 Å². The van der Waals surface area contributed by atoms with Gasteiger partial charge < -0.3 is 10.4 Å². The molecule has 0 amide bonds. The Morgan fingerprint density at radius 3 is 2.82 bits per heavy atom. The summed E-state index contributed by atoms with van der Waals surface area (Å²) in [5, 5.41) is 14.0. The SMILES string of the molecule is C[C@@]1(O)CCCC1Nc1nccc2cnc(S(C)(=O)=O)nc12. The fraction of sp³-hybridized carbons (Fsp3) is 0.500. The number of rotatable bonds is 3. The van der Waals surface area contributed by atoms with Crippen LogP contribution in [-0.4, -0.2) is 46.4 Å². The third-order valence-electron chi connectivity index (χ3n) is 4.05. The van der Waals surface area contributed by atoms with Gasteiger partial charge in [0.25, 0.3) is 0 Å². The number of nitrogens with zero attached hydrogens (tertiary/aromatic N) is 3. The largest absolute Gasteiger partial charge is 0.388 e. The number of hydrogen-bond donors (Lipinski definition) is 2. The van der Waals surface area contributed by atoms with Gasteiger partial charge in [0.2, 0.25) is 15.0 Å². The van der Waals surface area contributed by atoms with Crippen LogP contribution < -0.4 is 5.32 Å². The predicted octanol–water partition coefficient (Wildman–Crippen LogP) is 1.14. The molecule has 118 valence electrons. The average molecular weight is 322 g/mol. The summed E-state index contributed by atoms with van der Waals surface area (Å²) in [7, 11) is -3.49. The number of aromatic nitrogens is 3. The van der Waals surface area contributed by atoms with E-state index >= 15 is 0 Å². The molecular formula is C14H18N4O3S. The topological polar surface area (TPSA) is 105 Å². The van der Waals surface area contributed by atoms with Gasteiger partial charge in [0, 0.05) is 24.0 Å². The summed E-state index contributed by atoms with van der Waals surface area (Å²) in [6, 6.07) is 1.58. The second kappa shape index (κ2) is 5.13. The number of hydrogen-bond acceptors (Lipinski definition) is 7. The van der Waals surface area contributed by atoms with Crippen molar-refractivity contribution in [3.05, 3.63) is 18.5 Å². The van der Waals surface area contributed by atoms with Crippen molar-refractivity contribution in [3.8, 4) is 0 Å². The highest BCUT2D eigenvalue weighted by atomic mass is 32.2. The summed E-state index contributed by atoms with van der Waals surface area (Å²) >= 11 is 0. The van der Waals surface area contributed by atoms with E-state index in [1.807, 2.05) is 0 Å². The molecule has 0 bridgehead atoms. The summed E-state index contributed by atoms with van der Waals surface area (Å²) in [5.41, 5.74) is -0.364. The molecule has 2 N–H and O–H groups in total. The Bertz CT molecular complexity index is 820. The van der Waals surface area contributed by atoms with Crippen LogP contribution in [0.4, 0.5) is 5.82 Å². The highest BCUT2D eigenvalue weighted by molar-refractivity contribution is 7.90. The fourth-order valence-corrected chi connectivity index (χ4v) is 3.27. The van der Waals surface area contributed by atoms with Gasteiger partial charge in [-0.3, -0.25) is 0 Å². The summed E-state index contributed by atoms with van der Waals surface area (Å²) in [5.74, 6) is 0.469. The highest BCUT2D eigenvalue weighted by Gasteiger charge is 2.37. The van der Waals surface area contributed by atoms with E-state index in [-0.39, 0.29) is 11.2 Å². The summed E-state index contributed by atoms with van der Waals surface area (Å²) in [6.07, 6.45) is 6.63. The van der Waals surface area contributed by atoms with Crippen LogP contribution in [0.1, 0.15) is 26.2 Å². The zero-order valence-corrected chi connectivity index (χ0v) is 13.3. The molecule has 2 aromatic heterocycles. The van der Waals surface area contributed by atoms with Crippen molar-refractivity contribution in [3.63, 3.8) is 0 Å². The normalized spacial score (nSPS) is 25.5. The molecule has 3 rings (SSSR count). The first-order valence-corrected chi connectivity index (χ1v) is 8.97. The van der Waals surface area contributed by atoms with Gasteiger partial charge in [-0.25, -0.2) is 23.4 Å². The lowest BCUT2D eigenvalue weighted by molar-refractivity contribution is 0.0578. The first-order valence-electron chi connectivity index (χ1n) is 7.08. The van der Waals surface area contributed by atoms with E-state index in [1.54, 1.807) is 19.2 Å². The van der Waals surface area contributed by atoms with E-state index in [0.717, 1.165) is 25.5 Å². The molecular weight excluding hydrogens is 304 g/mol. The molecule has 1 aliphatic rings. The number of sulfone groups is 1. The van der Waals surface area contributed by atoms with Gasteiger partial charge in [0.05, 0.1) is 11.6 Å². The number of fused-ring (bicyclic) bond motifs is 1. The van der Waals surface area contributed by atoms with E-state index in [4.69, 9.17) is 0 Å². The summed E-state index contributed by atoms with van der Waals surface area (Å²) < 4.78 is 23.3. The lowest BCUT2D eigenvalue weighted by Gasteiger charge is -2.27. The van der Waals surface area contributed by atoms with Gasteiger partial charge in [-0.15, -0.1) is 0 Å². The van der Waals surface area contributed by atoms with Gasteiger partial charge >= 0.3 is 0 Å². The number of aliphatic hydroxyl groups is 1. The smallest absolute Gasteiger partial charge is 0.247 e. The molecule has 1 fully saturated rings. The molecule has 2 heterocycles. The van der Waals surface area contributed by atoms with Crippen LogP contribution in [0.5, 0.6) is 0 Å². The summed E-state index contributed by atoms with van der Waals surface area (Å²) in [4.78, 5) is 12.3. The predicted molar refractivity (Wildman–Crippen MR) is 82.3 cm³/mol. The zero-order valence-electron chi connectivity index (χ0n) is 12.4. The van der Waals surface area contributed by atoms with Crippen LogP contribution in [0.3, 0.4) is 0 Å². The van der Waals surface area contributed by atoms with Gasteiger partial charge in [0.1, 0.15) is 5.52 Å². The Morgan fingerprint density at radius 2 is 2.18 bits per heavy atom. The first kappa shape index (κ1) is 15.1. The van der Waals surface area contributed by atoms with E-state index in [1.165, 1.54) is 6.20 Å². The minimum atomic E-state index is -3.49. The maximum Gasteiger partial charge on any atom is 0.247 e. The van der Waals surface area contributed by atoms with Crippen LogP contribution in [0.2, 0.25) is 0 Å². The molecule has 0 radical (unpaired) electrons.